The predicted molar refractivity (Wildman–Crippen MR) is 25.5 cm³/mol. The van der Waals surface area contributed by atoms with Crippen molar-refractivity contribution in [3.8, 4) is 0 Å². The molecule has 2 N–H and O–H groups in total. The molecule has 0 aromatic heterocycles. The van der Waals surface area contributed by atoms with Gasteiger partial charge in [0, 0.05) is 0 Å². The number of nitrogens with zero attached hydrogens (tertiary/aromatic N) is 1. The van der Waals surface area contributed by atoms with Crippen molar-refractivity contribution in [1.82, 2.24) is 0 Å². The molecule has 0 bridgehead atoms. The summed E-state index contributed by atoms with van der Waals surface area (Å²) in [5, 5.41) is 0. The molecule has 0 heterocycles. The molecule has 36 valence electrons. The number of nitroso groups, excluding NO2 is 1. The van der Waals surface area contributed by atoms with E-state index in [1.54, 1.807) is 0 Å². The van der Waals surface area contributed by atoms with Crippen LogP contribution in [0.1, 0.15) is 0 Å². The summed E-state index contributed by atoms with van der Waals surface area (Å²) >= 11 is 0. The highest BCUT2D eigenvalue weighted by Gasteiger charge is 1.92. The Kier molecular flexibility index (Phi) is 3.79. The van der Waals surface area contributed by atoms with Crippen molar-refractivity contribution in [3.63, 3.8) is 0 Å². The van der Waals surface area contributed by atoms with Crippen LogP contribution in [0.2, 0.25) is 0 Å². The molecule has 0 aliphatic heterocycles. The topological polar surface area (TPSA) is 69.9 Å². The maximum absolute atomic E-state index is 9.07. The Labute approximate surface area is 37.2 Å². The Morgan fingerprint density at radius 2 is 2.17 bits per heavy atom. The van der Waals surface area contributed by atoms with E-state index in [9.17, 15) is 0 Å². The van der Waals surface area contributed by atoms with Crippen LogP contribution in [0.5, 0.6) is 0 Å². The van der Waals surface area contributed by atoms with Crippen molar-refractivity contribution < 1.29 is 9.79 Å². The lowest BCUT2D eigenvalue weighted by Crippen LogP contribution is -1.47. The van der Waals surface area contributed by atoms with E-state index in [0.29, 0.717) is 0 Å². The third kappa shape index (κ3) is 4.38. The van der Waals surface area contributed by atoms with Gasteiger partial charge in [0.15, 0.2) is 0 Å². The van der Waals surface area contributed by atoms with E-state index in [1.807, 2.05) is 0 Å². The minimum atomic E-state index is -2.05. The third-order valence-corrected chi connectivity index (χ3v) is 1.17. The zero-order valence-corrected chi connectivity index (χ0v) is 4.59. The molecule has 1 atom stereocenters. The maximum Gasteiger partial charge on any atom is 0.214 e. The first-order chi connectivity index (χ1) is 2.77. The second kappa shape index (κ2) is 3.57. The van der Waals surface area contributed by atoms with Gasteiger partial charge in [-0.05, 0) is 4.95 Å². The van der Waals surface area contributed by atoms with Crippen molar-refractivity contribution in [2.45, 2.75) is 0 Å². The highest BCUT2D eigenvalue weighted by molar-refractivity contribution is 8.15. The average molecular weight is 127 g/mol. The largest absolute Gasteiger partial charge is 0.346 e. The fourth-order valence-corrected chi connectivity index (χ4v) is 0.329. The van der Waals surface area contributed by atoms with Gasteiger partial charge in [-0.3, -0.25) is 0 Å². The van der Waals surface area contributed by atoms with E-state index in [4.69, 9.17) is 14.7 Å². The fraction of sp³-hybridized carbons (Fsp3) is 0. The molecule has 4 nitrogen and oxygen atoms in total. The summed E-state index contributed by atoms with van der Waals surface area (Å²) in [5.74, 6) is 0. The van der Waals surface area contributed by atoms with Crippen LogP contribution < -0.4 is 0 Å². The average Bonchev–Trinajstić information content (AvgIpc) is 1.35. The zero-order valence-electron chi connectivity index (χ0n) is 2.70. The van der Waals surface area contributed by atoms with E-state index < -0.39 is 16.5 Å². The van der Waals surface area contributed by atoms with Gasteiger partial charge in [0.2, 0.25) is 8.06 Å². The van der Waals surface area contributed by atoms with Crippen LogP contribution >= 0.6 is 16.5 Å². The summed E-state index contributed by atoms with van der Waals surface area (Å²) in [6.45, 7) is 0. The van der Waals surface area contributed by atoms with Crippen molar-refractivity contribution in [1.29, 1.82) is 0 Å². The maximum atomic E-state index is 9.07. The van der Waals surface area contributed by atoms with Crippen LogP contribution in [0, 0.1) is 4.91 Å². The molecule has 0 aliphatic rings. The highest BCUT2D eigenvalue weighted by Crippen LogP contribution is 2.47. The molecule has 6 heavy (non-hydrogen) atoms. The first kappa shape index (κ1) is 6.38. The SMILES string of the molecule is O=NPP(O)O. The molecular weight excluding hydrogens is 124 g/mol. The molecule has 0 aromatic rings. The summed E-state index contributed by atoms with van der Waals surface area (Å²) in [6.07, 6.45) is 0. The van der Waals surface area contributed by atoms with Gasteiger partial charge in [-0.2, -0.15) is 0 Å². The monoisotopic (exact) mass is 127 g/mol. The molecule has 0 amide bonds. The van der Waals surface area contributed by atoms with E-state index in [-0.39, 0.29) is 0 Å². The van der Waals surface area contributed by atoms with E-state index >= 15 is 0 Å². The van der Waals surface area contributed by atoms with Gasteiger partial charge in [-0.15, -0.1) is 4.91 Å². The van der Waals surface area contributed by atoms with Crippen molar-refractivity contribution >= 4 is 16.5 Å². The Morgan fingerprint density at radius 3 is 2.17 bits per heavy atom. The van der Waals surface area contributed by atoms with Crippen LogP contribution in [-0.4, -0.2) is 9.79 Å². The van der Waals surface area contributed by atoms with Gasteiger partial charge in [0.05, 0.1) is 0 Å². The summed E-state index contributed by atoms with van der Waals surface area (Å²) < 4.78 is 0. The van der Waals surface area contributed by atoms with Crippen LogP contribution in [0.3, 0.4) is 0 Å². The lowest BCUT2D eigenvalue weighted by Gasteiger charge is -1.86. The quantitative estimate of drug-likeness (QED) is 0.420. The number of hydrogen-bond acceptors (Lipinski definition) is 4. The second-order valence-corrected chi connectivity index (χ2v) is 3.24. The van der Waals surface area contributed by atoms with Gasteiger partial charge in [0.1, 0.15) is 8.42 Å². The Balaban J connectivity index is 2.81. The lowest BCUT2D eigenvalue weighted by atomic mass is 13.7. The summed E-state index contributed by atoms with van der Waals surface area (Å²) in [4.78, 5) is 27.1. The predicted octanol–water partition coefficient (Wildman–Crippen LogP) is 0.558. The number of rotatable bonds is 2. The standard InChI is InChI=1S/H3NO3P2/c2-1-5-6(3)4/h3-5H. The molecule has 0 fully saturated rings. The summed E-state index contributed by atoms with van der Waals surface area (Å²) in [7, 11) is -2.64. The Morgan fingerprint density at radius 1 is 1.67 bits per heavy atom. The van der Waals surface area contributed by atoms with Crippen molar-refractivity contribution in [3.05, 3.63) is 4.91 Å². The van der Waals surface area contributed by atoms with Gasteiger partial charge >= 0.3 is 0 Å². The fourth-order valence-electron chi connectivity index (χ4n) is 0.0365. The smallest absolute Gasteiger partial charge is 0.214 e. The molecule has 0 radical (unpaired) electrons. The van der Waals surface area contributed by atoms with Crippen LogP contribution in [-0.2, 0) is 0 Å². The van der Waals surface area contributed by atoms with Gasteiger partial charge in [-0.25, -0.2) is 0 Å². The molecule has 0 saturated heterocycles. The van der Waals surface area contributed by atoms with Crippen LogP contribution in [0.25, 0.3) is 0 Å². The minimum absolute atomic E-state index is 0.583. The van der Waals surface area contributed by atoms with Crippen molar-refractivity contribution in [2.24, 2.45) is 4.95 Å². The molecule has 0 aliphatic carbocycles. The molecule has 0 spiro atoms. The third-order valence-electron chi connectivity index (χ3n) is 0.130. The molecule has 0 saturated carbocycles. The molecule has 6 heteroatoms. The summed E-state index contributed by atoms with van der Waals surface area (Å²) in [6, 6.07) is 0. The van der Waals surface area contributed by atoms with E-state index in [0.717, 1.165) is 0 Å². The van der Waals surface area contributed by atoms with Gasteiger partial charge < -0.3 is 9.79 Å². The molecule has 0 rings (SSSR count). The molecule has 1 unspecified atom stereocenters. The Bertz CT molecular complexity index is 44.1. The first-order valence-electron chi connectivity index (χ1n) is 1.03. The normalized spacial score (nSPS) is 11.2. The Hall–Kier alpha value is 0.380. The summed E-state index contributed by atoms with van der Waals surface area (Å²) in [5.41, 5.74) is 0. The molecule has 0 aromatic carbocycles. The highest BCUT2D eigenvalue weighted by atomic mass is 32.1. The van der Waals surface area contributed by atoms with E-state index in [1.165, 1.54) is 0 Å². The van der Waals surface area contributed by atoms with Gasteiger partial charge in [-0.1, -0.05) is 0 Å². The van der Waals surface area contributed by atoms with E-state index in [2.05, 4.69) is 4.95 Å². The lowest BCUT2D eigenvalue weighted by molar-refractivity contribution is 0.505. The number of hydrogen-bond donors (Lipinski definition) is 2. The van der Waals surface area contributed by atoms with Crippen LogP contribution in [0.4, 0.5) is 0 Å². The first-order valence-corrected chi connectivity index (χ1v) is 4.07. The second-order valence-electron chi connectivity index (χ2n) is 0.481. The van der Waals surface area contributed by atoms with Crippen LogP contribution in [0.15, 0.2) is 4.95 Å². The van der Waals surface area contributed by atoms with Gasteiger partial charge in [0.25, 0.3) is 0 Å². The molecular formula is H3NO3P2. The van der Waals surface area contributed by atoms with Crippen molar-refractivity contribution in [2.75, 3.05) is 0 Å². The zero-order chi connectivity index (χ0) is 4.99. The minimum Gasteiger partial charge on any atom is -0.346 e.